The fraction of sp³-hybridized carbons (Fsp3) is 0.143. The highest BCUT2D eigenvalue weighted by atomic mass is 35.5. The first-order valence-corrected chi connectivity index (χ1v) is 5.80. The van der Waals surface area contributed by atoms with Crippen molar-refractivity contribution in [1.82, 2.24) is 0 Å². The van der Waals surface area contributed by atoms with Crippen LogP contribution in [0.25, 0.3) is 0 Å². The minimum atomic E-state index is 0.405. The van der Waals surface area contributed by atoms with Gasteiger partial charge in [-0.3, -0.25) is 0 Å². The van der Waals surface area contributed by atoms with Gasteiger partial charge in [-0.1, -0.05) is 29.8 Å². The summed E-state index contributed by atoms with van der Waals surface area (Å²) in [5.74, 6) is 1.59. The zero-order valence-electron chi connectivity index (χ0n) is 9.61. The Kier molecular flexibility index (Phi) is 3.67. The molecule has 2 N–H and O–H groups in total. The zero-order chi connectivity index (χ0) is 12.3. The summed E-state index contributed by atoms with van der Waals surface area (Å²) in [5, 5.41) is 0.669. The zero-order valence-corrected chi connectivity index (χ0v) is 10.4. The van der Waals surface area contributed by atoms with Crippen LogP contribution in [0, 0.1) is 6.92 Å². The third kappa shape index (κ3) is 2.78. The van der Waals surface area contributed by atoms with E-state index in [2.05, 4.69) is 0 Å². The first-order chi connectivity index (χ1) is 8.20. The van der Waals surface area contributed by atoms with Crippen LogP contribution in [0.3, 0.4) is 0 Å². The van der Waals surface area contributed by atoms with Gasteiger partial charge in [-0.2, -0.15) is 0 Å². The molecule has 88 valence electrons. The maximum Gasteiger partial charge on any atom is 0.132 e. The largest absolute Gasteiger partial charge is 0.457 e. The summed E-state index contributed by atoms with van der Waals surface area (Å²) in [6.45, 7) is 2.41. The van der Waals surface area contributed by atoms with Crippen molar-refractivity contribution in [3.63, 3.8) is 0 Å². The topological polar surface area (TPSA) is 35.2 Å². The van der Waals surface area contributed by atoms with Crippen LogP contribution in [0.4, 0.5) is 0 Å². The maximum absolute atomic E-state index is 5.92. The number of para-hydroxylation sites is 1. The van der Waals surface area contributed by atoms with Crippen LogP contribution in [0.5, 0.6) is 11.5 Å². The fourth-order valence-corrected chi connectivity index (χ4v) is 1.79. The van der Waals surface area contributed by atoms with Gasteiger partial charge in [0.1, 0.15) is 11.5 Å². The summed E-state index contributed by atoms with van der Waals surface area (Å²) in [6.07, 6.45) is 0. The minimum absolute atomic E-state index is 0.405. The molecule has 0 fully saturated rings. The quantitative estimate of drug-likeness (QED) is 0.893. The first kappa shape index (κ1) is 12.0. The number of ether oxygens (including phenoxy) is 1. The van der Waals surface area contributed by atoms with Gasteiger partial charge < -0.3 is 10.5 Å². The average molecular weight is 248 g/mol. The van der Waals surface area contributed by atoms with E-state index in [1.807, 2.05) is 43.3 Å². The Bertz CT molecular complexity index is 525. The van der Waals surface area contributed by atoms with E-state index in [-0.39, 0.29) is 0 Å². The molecular formula is C14H14ClNO. The number of hydrogen-bond donors (Lipinski definition) is 1. The molecule has 17 heavy (non-hydrogen) atoms. The van der Waals surface area contributed by atoms with E-state index < -0.39 is 0 Å². The van der Waals surface area contributed by atoms with E-state index in [0.717, 1.165) is 22.6 Å². The smallest absolute Gasteiger partial charge is 0.132 e. The lowest BCUT2D eigenvalue weighted by atomic mass is 10.2. The first-order valence-electron chi connectivity index (χ1n) is 5.42. The Hall–Kier alpha value is -1.51. The van der Waals surface area contributed by atoms with Gasteiger partial charge in [0.05, 0.1) is 0 Å². The molecule has 0 radical (unpaired) electrons. The van der Waals surface area contributed by atoms with E-state index in [4.69, 9.17) is 22.1 Å². The third-order valence-corrected chi connectivity index (χ3v) is 2.79. The molecule has 0 bridgehead atoms. The lowest BCUT2D eigenvalue weighted by molar-refractivity contribution is 0.473. The molecule has 2 aromatic rings. The molecule has 0 aliphatic rings. The van der Waals surface area contributed by atoms with Gasteiger partial charge in [0.15, 0.2) is 0 Å². The van der Waals surface area contributed by atoms with Gasteiger partial charge in [0, 0.05) is 17.1 Å². The summed E-state index contributed by atoms with van der Waals surface area (Å²) < 4.78 is 5.85. The molecule has 3 heteroatoms. The average Bonchev–Trinajstić information content (AvgIpc) is 2.34. The molecule has 0 heterocycles. The van der Waals surface area contributed by atoms with Crippen LogP contribution < -0.4 is 10.5 Å². The van der Waals surface area contributed by atoms with Crippen molar-refractivity contribution in [2.24, 2.45) is 5.73 Å². The lowest BCUT2D eigenvalue weighted by Gasteiger charge is -2.12. The predicted molar refractivity (Wildman–Crippen MR) is 70.6 cm³/mol. The summed E-state index contributed by atoms with van der Waals surface area (Å²) in [6, 6.07) is 13.3. The van der Waals surface area contributed by atoms with Gasteiger partial charge in [-0.25, -0.2) is 0 Å². The van der Waals surface area contributed by atoms with Crippen molar-refractivity contribution >= 4 is 11.6 Å². The van der Waals surface area contributed by atoms with Crippen molar-refractivity contribution in [3.8, 4) is 11.5 Å². The van der Waals surface area contributed by atoms with Crippen LogP contribution >= 0.6 is 11.6 Å². The lowest BCUT2D eigenvalue weighted by Crippen LogP contribution is -1.99. The molecular weight excluding hydrogens is 234 g/mol. The number of nitrogens with two attached hydrogens (primary N) is 1. The molecule has 2 aromatic carbocycles. The molecule has 0 saturated heterocycles. The van der Waals surface area contributed by atoms with Crippen LogP contribution in [0.15, 0.2) is 42.5 Å². The summed E-state index contributed by atoms with van der Waals surface area (Å²) in [5.41, 5.74) is 7.66. The van der Waals surface area contributed by atoms with Crippen molar-refractivity contribution in [1.29, 1.82) is 0 Å². The predicted octanol–water partition coefficient (Wildman–Crippen LogP) is 3.90. The van der Waals surface area contributed by atoms with E-state index in [1.165, 1.54) is 0 Å². The monoisotopic (exact) mass is 247 g/mol. The minimum Gasteiger partial charge on any atom is -0.457 e. The third-order valence-electron chi connectivity index (χ3n) is 2.56. The van der Waals surface area contributed by atoms with E-state index >= 15 is 0 Å². The number of benzene rings is 2. The number of aryl methyl sites for hydroxylation is 1. The number of hydrogen-bond acceptors (Lipinski definition) is 2. The second-order valence-corrected chi connectivity index (χ2v) is 4.26. The molecule has 0 atom stereocenters. The van der Waals surface area contributed by atoms with E-state index in [1.54, 1.807) is 6.07 Å². The Morgan fingerprint density at radius 3 is 2.59 bits per heavy atom. The van der Waals surface area contributed by atoms with E-state index in [0.29, 0.717) is 11.6 Å². The molecule has 2 rings (SSSR count). The molecule has 0 spiro atoms. The van der Waals surface area contributed by atoms with Gasteiger partial charge in [-0.15, -0.1) is 0 Å². The van der Waals surface area contributed by atoms with Gasteiger partial charge in [0.2, 0.25) is 0 Å². The van der Waals surface area contributed by atoms with Crippen LogP contribution in [0.2, 0.25) is 5.02 Å². The normalized spacial score (nSPS) is 10.3. The molecule has 0 amide bonds. The maximum atomic E-state index is 5.92. The molecule has 0 unspecified atom stereocenters. The molecule has 0 aromatic heterocycles. The van der Waals surface area contributed by atoms with Crippen molar-refractivity contribution in [3.05, 3.63) is 58.6 Å². The summed E-state index contributed by atoms with van der Waals surface area (Å²) >= 11 is 5.92. The SMILES string of the molecule is Cc1ccccc1Oc1ccc(Cl)cc1CN. The van der Waals surface area contributed by atoms with E-state index in [9.17, 15) is 0 Å². The Morgan fingerprint density at radius 1 is 1.12 bits per heavy atom. The van der Waals surface area contributed by atoms with Gasteiger partial charge >= 0.3 is 0 Å². The second-order valence-electron chi connectivity index (χ2n) is 3.82. The number of halogens is 1. The fourth-order valence-electron chi connectivity index (χ4n) is 1.60. The Labute approximate surface area is 106 Å². The summed E-state index contributed by atoms with van der Waals surface area (Å²) in [4.78, 5) is 0. The van der Waals surface area contributed by atoms with Crippen LogP contribution in [-0.4, -0.2) is 0 Å². The molecule has 0 aliphatic heterocycles. The van der Waals surface area contributed by atoms with Crippen molar-refractivity contribution < 1.29 is 4.74 Å². The standard InChI is InChI=1S/C14H14ClNO/c1-10-4-2-3-5-13(10)17-14-7-6-12(15)8-11(14)9-16/h2-8H,9,16H2,1H3. The highest BCUT2D eigenvalue weighted by Crippen LogP contribution is 2.29. The van der Waals surface area contributed by atoms with Crippen molar-refractivity contribution in [2.45, 2.75) is 13.5 Å². The Balaban J connectivity index is 2.33. The van der Waals surface area contributed by atoms with Gasteiger partial charge in [-0.05, 0) is 36.8 Å². The van der Waals surface area contributed by atoms with Crippen LogP contribution in [-0.2, 0) is 6.54 Å². The number of rotatable bonds is 3. The molecule has 0 aliphatic carbocycles. The second kappa shape index (κ2) is 5.21. The van der Waals surface area contributed by atoms with Crippen LogP contribution in [0.1, 0.15) is 11.1 Å². The highest BCUT2D eigenvalue weighted by molar-refractivity contribution is 6.30. The Morgan fingerprint density at radius 2 is 1.88 bits per heavy atom. The molecule has 2 nitrogen and oxygen atoms in total. The van der Waals surface area contributed by atoms with Crippen molar-refractivity contribution in [2.75, 3.05) is 0 Å². The van der Waals surface area contributed by atoms with Gasteiger partial charge in [0.25, 0.3) is 0 Å². The highest BCUT2D eigenvalue weighted by Gasteiger charge is 2.06. The molecule has 0 saturated carbocycles. The summed E-state index contributed by atoms with van der Waals surface area (Å²) in [7, 11) is 0.